The smallest absolute Gasteiger partial charge is 0.142 e. The number of nitrogens with zero attached hydrogens (tertiary/aromatic N) is 1. The quantitative estimate of drug-likeness (QED) is 0.749. The third kappa shape index (κ3) is 1.68. The van der Waals surface area contributed by atoms with Crippen LogP contribution in [0.25, 0.3) is 0 Å². The van der Waals surface area contributed by atoms with Gasteiger partial charge in [-0.3, -0.25) is 0 Å². The normalized spacial score (nSPS) is 21.4. The van der Waals surface area contributed by atoms with Crippen molar-refractivity contribution >= 4 is 0 Å². The van der Waals surface area contributed by atoms with Crippen LogP contribution < -0.4 is 0 Å². The van der Waals surface area contributed by atoms with E-state index in [0.29, 0.717) is 0 Å². The van der Waals surface area contributed by atoms with Gasteiger partial charge >= 0.3 is 0 Å². The van der Waals surface area contributed by atoms with Crippen molar-refractivity contribution in [3.8, 4) is 0 Å². The number of rotatable bonds is 2. The molecule has 1 aromatic rings. The summed E-state index contributed by atoms with van der Waals surface area (Å²) < 4.78 is 18.7. The molecule has 1 aromatic heterocycles. The van der Waals surface area contributed by atoms with E-state index in [1.165, 1.54) is 0 Å². The molecule has 84 valence electrons. The molecule has 1 aliphatic rings. The highest BCUT2D eigenvalue weighted by atomic mass is 19.1. The molecule has 0 N–H and O–H groups in total. The van der Waals surface area contributed by atoms with E-state index < -0.39 is 6.17 Å². The first-order valence-electron chi connectivity index (χ1n) is 5.48. The maximum Gasteiger partial charge on any atom is 0.142 e. The average Bonchev–Trinajstić information content (AvgIpc) is 2.75. The molecule has 1 aliphatic carbocycles. The Labute approximate surface area is 89.8 Å². The second-order valence-electron chi connectivity index (χ2n) is 5.60. The fourth-order valence-corrected chi connectivity index (χ4v) is 1.86. The molecule has 0 aromatic carbocycles. The molecule has 1 unspecified atom stereocenters. The zero-order valence-electron chi connectivity index (χ0n) is 9.80. The Morgan fingerprint density at radius 1 is 1.47 bits per heavy atom. The van der Waals surface area contributed by atoms with Crippen molar-refractivity contribution in [1.29, 1.82) is 0 Å². The molecular formula is C12H18FNO. The minimum Gasteiger partial charge on any atom is -0.361 e. The zero-order chi connectivity index (χ0) is 11.3. The zero-order valence-corrected chi connectivity index (χ0v) is 9.80. The fourth-order valence-electron chi connectivity index (χ4n) is 1.86. The van der Waals surface area contributed by atoms with Gasteiger partial charge in [0, 0.05) is 16.9 Å². The van der Waals surface area contributed by atoms with Gasteiger partial charge in [-0.25, -0.2) is 4.39 Å². The largest absolute Gasteiger partial charge is 0.361 e. The fraction of sp³-hybridized carbons (Fsp3) is 0.750. The number of aromatic nitrogens is 1. The van der Waals surface area contributed by atoms with Gasteiger partial charge in [-0.15, -0.1) is 0 Å². The Morgan fingerprint density at radius 2 is 2.07 bits per heavy atom. The van der Waals surface area contributed by atoms with Crippen molar-refractivity contribution < 1.29 is 8.91 Å². The van der Waals surface area contributed by atoms with Gasteiger partial charge in [0.15, 0.2) is 0 Å². The van der Waals surface area contributed by atoms with Crippen LogP contribution in [0.4, 0.5) is 4.39 Å². The maximum atomic E-state index is 13.5. The lowest BCUT2D eigenvalue weighted by Gasteiger charge is -2.13. The first kappa shape index (κ1) is 10.7. The minimum atomic E-state index is -0.838. The van der Waals surface area contributed by atoms with Gasteiger partial charge in [-0.2, -0.15) is 0 Å². The summed E-state index contributed by atoms with van der Waals surface area (Å²) in [6, 6.07) is 1.92. The summed E-state index contributed by atoms with van der Waals surface area (Å²) in [7, 11) is 0. The predicted octanol–water partition coefficient (Wildman–Crippen LogP) is 3.36. The molecule has 0 aliphatic heterocycles. The molecule has 2 nitrogen and oxygen atoms in total. The molecule has 1 atom stereocenters. The molecule has 3 heteroatoms. The van der Waals surface area contributed by atoms with Crippen LogP contribution in [0.5, 0.6) is 0 Å². The molecule has 0 spiro atoms. The number of hydrogen-bond acceptors (Lipinski definition) is 2. The molecule has 0 radical (unpaired) electrons. The predicted molar refractivity (Wildman–Crippen MR) is 56.7 cm³/mol. The number of hydrogen-bond donors (Lipinski definition) is 0. The summed E-state index contributed by atoms with van der Waals surface area (Å²) in [4.78, 5) is 0. The van der Waals surface area contributed by atoms with E-state index in [0.717, 1.165) is 24.3 Å². The second-order valence-corrected chi connectivity index (χ2v) is 5.60. The minimum absolute atomic E-state index is 0.0547. The van der Waals surface area contributed by atoms with Crippen LogP contribution in [0, 0.1) is 0 Å². The van der Waals surface area contributed by atoms with Crippen LogP contribution in [0.3, 0.4) is 0 Å². The van der Waals surface area contributed by atoms with E-state index in [1.54, 1.807) is 6.92 Å². The van der Waals surface area contributed by atoms with Gasteiger partial charge in [0.2, 0.25) is 0 Å². The number of alkyl halides is 1. The molecule has 1 saturated carbocycles. The summed E-state index contributed by atoms with van der Waals surface area (Å²) >= 11 is 0. The van der Waals surface area contributed by atoms with Gasteiger partial charge in [0.05, 0.1) is 5.69 Å². The van der Waals surface area contributed by atoms with E-state index in [1.807, 2.05) is 6.07 Å². The van der Waals surface area contributed by atoms with Gasteiger partial charge in [0.1, 0.15) is 11.9 Å². The lowest BCUT2D eigenvalue weighted by Crippen LogP contribution is -2.19. The third-order valence-corrected chi connectivity index (χ3v) is 3.31. The SMILES string of the molecule is CC(F)C1(c2cc(C(C)(C)C)on2)CC1. The van der Waals surface area contributed by atoms with Gasteiger partial charge in [0.25, 0.3) is 0 Å². The Balaban J connectivity index is 2.29. The van der Waals surface area contributed by atoms with Gasteiger partial charge < -0.3 is 4.52 Å². The lowest BCUT2D eigenvalue weighted by molar-refractivity contribution is 0.271. The Hall–Kier alpha value is -0.860. The highest BCUT2D eigenvalue weighted by Crippen LogP contribution is 2.52. The van der Waals surface area contributed by atoms with Crippen molar-refractivity contribution in [2.45, 2.75) is 57.5 Å². The summed E-state index contributed by atoms with van der Waals surface area (Å²) in [5.41, 5.74) is 0.399. The van der Waals surface area contributed by atoms with Crippen LogP contribution in [-0.2, 0) is 10.8 Å². The van der Waals surface area contributed by atoms with E-state index in [-0.39, 0.29) is 10.8 Å². The van der Waals surface area contributed by atoms with Crippen molar-refractivity contribution in [2.75, 3.05) is 0 Å². The highest BCUT2D eigenvalue weighted by molar-refractivity contribution is 5.28. The molecule has 1 heterocycles. The topological polar surface area (TPSA) is 26.0 Å². The molecule has 1 fully saturated rings. The molecular weight excluding hydrogens is 193 g/mol. The van der Waals surface area contributed by atoms with Crippen LogP contribution in [-0.4, -0.2) is 11.3 Å². The van der Waals surface area contributed by atoms with Crippen molar-refractivity contribution in [2.24, 2.45) is 0 Å². The van der Waals surface area contributed by atoms with E-state index >= 15 is 0 Å². The Bertz CT molecular complexity index is 358. The van der Waals surface area contributed by atoms with Gasteiger partial charge in [-0.1, -0.05) is 25.9 Å². The van der Waals surface area contributed by atoms with Crippen molar-refractivity contribution in [3.05, 3.63) is 17.5 Å². The van der Waals surface area contributed by atoms with Crippen molar-refractivity contribution in [1.82, 2.24) is 5.16 Å². The van der Waals surface area contributed by atoms with E-state index in [4.69, 9.17) is 4.52 Å². The monoisotopic (exact) mass is 211 g/mol. The van der Waals surface area contributed by atoms with Crippen LogP contribution in [0.2, 0.25) is 0 Å². The molecule has 0 amide bonds. The summed E-state index contributed by atoms with van der Waals surface area (Å²) in [5.74, 6) is 0.837. The lowest BCUT2D eigenvalue weighted by atomic mass is 9.90. The first-order valence-corrected chi connectivity index (χ1v) is 5.48. The van der Waals surface area contributed by atoms with Crippen LogP contribution in [0.15, 0.2) is 10.6 Å². The standard InChI is InChI=1S/C12H18FNO/c1-8(13)12(5-6-12)9-7-10(15-14-9)11(2,3)4/h7-8H,5-6H2,1-4H3. The Morgan fingerprint density at radius 3 is 2.40 bits per heavy atom. The maximum absolute atomic E-state index is 13.5. The summed E-state index contributed by atoms with van der Waals surface area (Å²) in [6.07, 6.45) is 0.942. The summed E-state index contributed by atoms with van der Waals surface area (Å²) in [6.45, 7) is 7.81. The number of halogens is 1. The first-order chi connectivity index (χ1) is 6.86. The van der Waals surface area contributed by atoms with Gasteiger partial charge in [-0.05, 0) is 19.8 Å². The average molecular weight is 211 g/mol. The Kier molecular flexibility index (Phi) is 2.18. The summed E-state index contributed by atoms with van der Waals surface area (Å²) in [5, 5.41) is 4.02. The van der Waals surface area contributed by atoms with Crippen LogP contribution >= 0.6 is 0 Å². The van der Waals surface area contributed by atoms with Crippen LogP contribution in [0.1, 0.15) is 52.0 Å². The van der Waals surface area contributed by atoms with E-state index in [9.17, 15) is 4.39 Å². The third-order valence-electron chi connectivity index (χ3n) is 3.31. The molecule has 0 bridgehead atoms. The molecule has 2 rings (SSSR count). The second kappa shape index (κ2) is 3.06. The molecule has 0 saturated heterocycles. The van der Waals surface area contributed by atoms with E-state index in [2.05, 4.69) is 25.9 Å². The highest BCUT2D eigenvalue weighted by Gasteiger charge is 2.52. The van der Waals surface area contributed by atoms with Crippen molar-refractivity contribution in [3.63, 3.8) is 0 Å². The molecule has 15 heavy (non-hydrogen) atoms.